The van der Waals surface area contributed by atoms with E-state index in [9.17, 15) is 9.90 Å². The predicted octanol–water partition coefficient (Wildman–Crippen LogP) is 2.79. The van der Waals surface area contributed by atoms with Crippen molar-refractivity contribution in [2.75, 3.05) is 31.1 Å². The first-order chi connectivity index (χ1) is 13.4. The maximum absolute atomic E-state index is 12.9. The molecule has 1 amide bonds. The number of halogens is 1. The fourth-order valence-corrected chi connectivity index (χ4v) is 4.90. The maximum Gasteiger partial charge on any atom is 0.412 e. The molecule has 0 saturated carbocycles. The number of hydrogen-bond donors (Lipinski definition) is 3. The normalized spacial score (nSPS) is 28.8. The van der Waals surface area contributed by atoms with E-state index < -0.39 is 23.0 Å². The first kappa shape index (κ1) is 27.6. The van der Waals surface area contributed by atoms with Crippen LogP contribution in [0.5, 0.6) is 0 Å². The third-order valence-corrected chi connectivity index (χ3v) is 6.19. The molecule has 2 aliphatic heterocycles. The van der Waals surface area contributed by atoms with Crippen molar-refractivity contribution >= 4 is 47.8 Å². The number of nitrogens with one attached hydrogen (secondary N) is 2. The number of ether oxygens (including phenoxy) is 2. The summed E-state index contributed by atoms with van der Waals surface area (Å²) < 4.78 is 11.7. The fraction of sp³-hybridized carbons (Fsp3) is 0.900. The number of thioether (sulfide) groups is 1. The maximum atomic E-state index is 12.9. The van der Waals surface area contributed by atoms with E-state index in [1.165, 1.54) is 0 Å². The zero-order chi connectivity index (χ0) is 21.9. The van der Waals surface area contributed by atoms with Crippen LogP contribution in [0.3, 0.4) is 0 Å². The van der Waals surface area contributed by atoms with Crippen LogP contribution in [0.4, 0.5) is 4.79 Å². The second-order valence-corrected chi connectivity index (χ2v) is 10.4. The molecular weight excluding hydrogens is 519 g/mol. The molecule has 0 aromatic rings. The minimum atomic E-state index is -0.764. The summed E-state index contributed by atoms with van der Waals surface area (Å²) >= 11 is 1.75. The number of rotatable bonds is 5. The Hall–Kier alpha value is -0.460. The number of amides is 1. The first-order valence-electron chi connectivity index (χ1n) is 10.4. The lowest BCUT2D eigenvalue weighted by Gasteiger charge is -2.35. The van der Waals surface area contributed by atoms with Gasteiger partial charge in [0.25, 0.3) is 0 Å². The highest BCUT2D eigenvalue weighted by molar-refractivity contribution is 14.0. The third kappa shape index (κ3) is 7.59. The van der Waals surface area contributed by atoms with Crippen LogP contribution in [0.1, 0.15) is 54.9 Å². The van der Waals surface area contributed by atoms with Crippen LogP contribution in [-0.4, -0.2) is 82.3 Å². The van der Waals surface area contributed by atoms with Gasteiger partial charge in [0.15, 0.2) is 5.96 Å². The van der Waals surface area contributed by atoms with Gasteiger partial charge >= 0.3 is 6.09 Å². The van der Waals surface area contributed by atoms with E-state index in [1.807, 2.05) is 48.5 Å². The molecule has 0 aromatic heterocycles. The quantitative estimate of drug-likeness (QED) is 0.272. The number of nitrogens with zero attached hydrogens (tertiary/aromatic N) is 2. The topological polar surface area (TPSA) is 95.4 Å². The van der Waals surface area contributed by atoms with E-state index in [0.717, 1.165) is 12.2 Å². The molecule has 2 aliphatic rings. The Labute approximate surface area is 202 Å². The van der Waals surface area contributed by atoms with Crippen LogP contribution in [0.25, 0.3) is 0 Å². The van der Waals surface area contributed by atoms with Crippen LogP contribution in [0.15, 0.2) is 4.99 Å². The van der Waals surface area contributed by atoms with E-state index in [-0.39, 0.29) is 36.1 Å². The van der Waals surface area contributed by atoms with Gasteiger partial charge in [0, 0.05) is 18.8 Å². The molecule has 2 fully saturated rings. The Kier molecular flexibility index (Phi) is 10.0. The molecule has 10 heteroatoms. The minimum absolute atomic E-state index is 0. The Balaban J connectivity index is 0.00000450. The van der Waals surface area contributed by atoms with E-state index in [4.69, 9.17) is 9.47 Å². The zero-order valence-corrected chi connectivity index (χ0v) is 22.4. The van der Waals surface area contributed by atoms with E-state index in [1.54, 1.807) is 16.7 Å². The van der Waals surface area contributed by atoms with Gasteiger partial charge in [-0.15, -0.1) is 24.0 Å². The molecule has 3 atom stereocenters. The number of aliphatic imine (C=N–C) groups is 1. The molecule has 2 rings (SSSR count). The molecule has 3 N–H and O–H groups in total. The van der Waals surface area contributed by atoms with Gasteiger partial charge in [-0.2, -0.15) is 11.8 Å². The van der Waals surface area contributed by atoms with E-state index >= 15 is 0 Å². The SMILES string of the molecule is CCNC(=NCC1(O)CCSC1)NCC1C(C)OC(C)(C)N1C(=O)OC(C)(C)C.I. The number of aliphatic hydroxyl groups is 1. The molecule has 3 unspecified atom stereocenters. The van der Waals surface area contributed by atoms with Crippen molar-refractivity contribution in [3.8, 4) is 0 Å². The second kappa shape index (κ2) is 10.9. The molecule has 0 spiro atoms. The highest BCUT2D eigenvalue weighted by atomic mass is 127. The third-order valence-electron chi connectivity index (χ3n) is 4.95. The number of carbonyl (C=O) groups is 1. The van der Waals surface area contributed by atoms with Crippen molar-refractivity contribution in [3.05, 3.63) is 0 Å². The van der Waals surface area contributed by atoms with Gasteiger partial charge in [-0.1, -0.05) is 0 Å². The molecule has 30 heavy (non-hydrogen) atoms. The van der Waals surface area contributed by atoms with Crippen LogP contribution < -0.4 is 10.6 Å². The van der Waals surface area contributed by atoms with Crippen LogP contribution in [0, 0.1) is 0 Å². The van der Waals surface area contributed by atoms with Crippen molar-refractivity contribution < 1.29 is 19.4 Å². The van der Waals surface area contributed by atoms with Gasteiger partial charge in [-0.25, -0.2) is 4.79 Å². The summed E-state index contributed by atoms with van der Waals surface area (Å²) in [5.74, 6) is 2.30. The lowest BCUT2D eigenvalue weighted by molar-refractivity contribution is -0.0755. The molecule has 176 valence electrons. The van der Waals surface area contributed by atoms with Crippen molar-refractivity contribution in [1.29, 1.82) is 0 Å². The summed E-state index contributed by atoms with van der Waals surface area (Å²) in [6, 6.07) is -0.214. The van der Waals surface area contributed by atoms with Crippen molar-refractivity contribution in [3.63, 3.8) is 0 Å². The Bertz CT molecular complexity index is 606. The summed E-state index contributed by atoms with van der Waals surface area (Å²) in [4.78, 5) is 19.1. The van der Waals surface area contributed by atoms with Gasteiger partial charge in [-0.3, -0.25) is 9.89 Å². The Morgan fingerprint density at radius 3 is 2.57 bits per heavy atom. The molecule has 0 radical (unpaired) electrons. The van der Waals surface area contributed by atoms with Crippen molar-refractivity contribution in [2.45, 2.75) is 84.0 Å². The average Bonchev–Trinajstić information content (AvgIpc) is 3.09. The molecule has 0 bridgehead atoms. The standard InChI is InChI=1S/C20H38N4O4S.HI/c1-8-21-16(23-12-20(26)9-10-29-13-20)22-11-15-14(2)27-19(6,7)24(15)17(25)28-18(3,4)5;/h14-15,26H,8-13H2,1-7H3,(H2,21,22,23);1H. The molecule has 8 nitrogen and oxygen atoms in total. The monoisotopic (exact) mass is 558 g/mol. The smallest absolute Gasteiger partial charge is 0.412 e. The first-order valence-corrected chi connectivity index (χ1v) is 11.5. The van der Waals surface area contributed by atoms with Gasteiger partial charge in [-0.05, 0) is 60.6 Å². The summed E-state index contributed by atoms with van der Waals surface area (Å²) in [7, 11) is 0. The number of hydrogen-bond acceptors (Lipinski definition) is 6. The molecule has 2 heterocycles. The summed E-state index contributed by atoms with van der Waals surface area (Å²) in [5.41, 5.74) is -2.08. The van der Waals surface area contributed by atoms with Crippen molar-refractivity contribution in [2.24, 2.45) is 4.99 Å². The zero-order valence-electron chi connectivity index (χ0n) is 19.3. The lowest BCUT2D eigenvalue weighted by Crippen LogP contribution is -2.54. The van der Waals surface area contributed by atoms with Crippen LogP contribution in [0.2, 0.25) is 0 Å². The largest absolute Gasteiger partial charge is 0.444 e. The highest BCUT2D eigenvalue weighted by Crippen LogP contribution is 2.33. The lowest BCUT2D eigenvalue weighted by atomic mass is 10.1. The summed E-state index contributed by atoms with van der Waals surface area (Å²) in [6.07, 6.45) is 0.204. The predicted molar refractivity (Wildman–Crippen MR) is 133 cm³/mol. The average molecular weight is 559 g/mol. The summed E-state index contributed by atoms with van der Waals surface area (Å²) in [6.45, 7) is 14.8. The van der Waals surface area contributed by atoms with Gasteiger partial charge in [0.1, 0.15) is 11.3 Å². The van der Waals surface area contributed by atoms with Gasteiger partial charge < -0.3 is 25.2 Å². The minimum Gasteiger partial charge on any atom is -0.444 e. The Morgan fingerprint density at radius 2 is 2.03 bits per heavy atom. The highest BCUT2D eigenvalue weighted by Gasteiger charge is 2.49. The molecular formula is C20H39IN4O4S. The fourth-order valence-electron chi connectivity index (χ4n) is 3.61. The van der Waals surface area contributed by atoms with Gasteiger partial charge in [0.05, 0.1) is 24.3 Å². The Morgan fingerprint density at radius 1 is 1.37 bits per heavy atom. The summed E-state index contributed by atoms with van der Waals surface area (Å²) in [5, 5.41) is 17.1. The van der Waals surface area contributed by atoms with Crippen molar-refractivity contribution in [1.82, 2.24) is 15.5 Å². The second-order valence-electron chi connectivity index (χ2n) is 9.29. The number of guanidine groups is 1. The molecule has 0 aliphatic carbocycles. The molecule has 0 aromatic carbocycles. The number of carbonyl (C=O) groups excluding carboxylic acids is 1. The van der Waals surface area contributed by atoms with Gasteiger partial charge in [0.2, 0.25) is 0 Å². The van der Waals surface area contributed by atoms with E-state index in [2.05, 4.69) is 15.6 Å². The van der Waals surface area contributed by atoms with E-state index in [0.29, 0.717) is 31.3 Å². The molecule has 2 saturated heterocycles. The van der Waals surface area contributed by atoms with Crippen LogP contribution >= 0.6 is 35.7 Å². The van der Waals surface area contributed by atoms with Crippen LogP contribution in [-0.2, 0) is 9.47 Å².